The van der Waals surface area contributed by atoms with E-state index >= 15 is 0 Å². The Bertz CT molecular complexity index is 1460. The van der Waals surface area contributed by atoms with Crippen molar-refractivity contribution < 1.29 is 9.53 Å². The Labute approximate surface area is 217 Å². The van der Waals surface area contributed by atoms with Crippen molar-refractivity contribution in [2.24, 2.45) is 0 Å². The van der Waals surface area contributed by atoms with Gasteiger partial charge in [-0.2, -0.15) is 5.10 Å². The van der Waals surface area contributed by atoms with Gasteiger partial charge < -0.3 is 14.6 Å². The van der Waals surface area contributed by atoms with E-state index in [4.69, 9.17) is 4.74 Å². The van der Waals surface area contributed by atoms with Crippen LogP contribution in [0.4, 0.5) is 0 Å². The summed E-state index contributed by atoms with van der Waals surface area (Å²) in [7, 11) is 1.69. The molecule has 0 atom stereocenters. The van der Waals surface area contributed by atoms with E-state index in [9.17, 15) is 4.79 Å². The van der Waals surface area contributed by atoms with Crippen molar-refractivity contribution in [2.75, 3.05) is 39.8 Å². The first-order chi connectivity index (χ1) is 17.9. The van der Waals surface area contributed by atoms with Crippen LogP contribution in [0.3, 0.4) is 0 Å². The second kappa shape index (κ2) is 9.49. The molecule has 0 saturated carbocycles. The second-order valence-electron chi connectivity index (χ2n) is 10.9. The maximum atomic E-state index is 12.4. The lowest BCUT2D eigenvalue weighted by atomic mass is 9.87. The number of aromatic amines is 1. The standard InChI is InChI=1S/C29H36N6O2/c1-18(2)26-22-14-21(20-8-12-33(13-9-20)16-25(36)34-10-5-11-34)6-7-24(22)32-27(26)23-15-35-29(30-17-31-35)28(37-4)19(23)3/h6-7,14-15,17-18,20,32H,5,8-13,16H2,1-4H3. The van der Waals surface area contributed by atoms with E-state index in [1.807, 2.05) is 4.90 Å². The van der Waals surface area contributed by atoms with Gasteiger partial charge in [0.05, 0.1) is 19.3 Å². The molecule has 2 aliphatic heterocycles. The molecule has 5 heterocycles. The first kappa shape index (κ1) is 24.0. The van der Waals surface area contributed by atoms with Crippen molar-refractivity contribution in [2.45, 2.75) is 51.9 Å². The fraction of sp³-hybridized carbons (Fsp3) is 0.483. The number of benzene rings is 1. The minimum Gasteiger partial charge on any atom is -0.492 e. The Kier molecular flexibility index (Phi) is 6.15. The number of ether oxygens (including phenoxy) is 1. The van der Waals surface area contributed by atoms with Gasteiger partial charge in [0.15, 0.2) is 11.4 Å². The Balaban J connectivity index is 1.31. The molecule has 0 spiro atoms. The summed E-state index contributed by atoms with van der Waals surface area (Å²) < 4.78 is 7.54. The predicted octanol–water partition coefficient (Wildman–Crippen LogP) is 4.73. The van der Waals surface area contributed by atoms with E-state index < -0.39 is 0 Å². The molecule has 6 rings (SSSR count). The molecule has 2 saturated heterocycles. The van der Waals surface area contributed by atoms with Crippen LogP contribution in [0.25, 0.3) is 27.8 Å². The summed E-state index contributed by atoms with van der Waals surface area (Å²) in [6.45, 7) is 11.0. The summed E-state index contributed by atoms with van der Waals surface area (Å²) in [6.07, 6.45) is 6.94. The van der Waals surface area contributed by atoms with Crippen LogP contribution in [0.1, 0.15) is 61.6 Å². The number of likely N-dealkylation sites (tertiary alicyclic amines) is 2. The number of rotatable bonds is 6. The van der Waals surface area contributed by atoms with Crippen molar-refractivity contribution in [3.8, 4) is 17.0 Å². The summed E-state index contributed by atoms with van der Waals surface area (Å²) >= 11 is 0. The number of amides is 1. The number of aromatic nitrogens is 4. The maximum Gasteiger partial charge on any atom is 0.236 e. The van der Waals surface area contributed by atoms with Crippen LogP contribution in [0.5, 0.6) is 5.75 Å². The van der Waals surface area contributed by atoms with Crippen LogP contribution in [-0.2, 0) is 4.79 Å². The van der Waals surface area contributed by atoms with E-state index in [-0.39, 0.29) is 0 Å². The van der Waals surface area contributed by atoms with Crippen molar-refractivity contribution in [3.63, 3.8) is 0 Å². The molecular weight excluding hydrogens is 464 g/mol. The highest BCUT2D eigenvalue weighted by atomic mass is 16.5. The number of H-pyrrole nitrogens is 1. The fourth-order valence-electron chi connectivity index (χ4n) is 6.09. The third-order valence-electron chi connectivity index (χ3n) is 8.31. The number of hydrogen-bond donors (Lipinski definition) is 1. The Morgan fingerprint density at radius 1 is 1.19 bits per heavy atom. The topological polar surface area (TPSA) is 78.8 Å². The molecule has 1 aromatic carbocycles. The number of carbonyl (C=O) groups excluding carboxylic acids is 1. The number of nitrogens with one attached hydrogen (secondary N) is 1. The molecule has 2 aliphatic rings. The molecule has 0 unspecified atom stereocenters. The van der Waals surface area contributed by atoms with Gasteiger partial charge in [-0.25, -0.2) is 9.50 Å². The van der Waals surface area contributed by atoms with Gasteiger partial charge >= 0.3 is 0 Å². The smallest absolute Gasteiger partial charge is 0.236 e. The zero-order chi connectivity index (χ0) is 25.7. The average molecular weight is 501 g/mol. The van der Waals surface area contributed by atoms with Gasteiger partial charge in [-0.1, -0.05) is 19.9 Å². The molecule has 3 aromatic heterocycles. The predicted molar refractivity (Wildman–Crippen MR) is 145 cm³/mol. The third kappa shape index (κ3) is 4.17. The number of methoxy groups -OCH3 is 1. The molecule has 8 heteroatoms. The van der Waals surface area contributed by atoms with Crippen molar-refractivity contribution in [1.29, 1.82) is 0 Å². The second-order valence-corrected chi connectivity index (χ2v) is 10.9. The quantitative estimate of drug-likeness (QED) is 0.414. The van der Waals surface area contributed by atoms with E-state index in [1.165, 1.54) is 16.5 Å². The summed E-state index contributed by atoms with van der Waals surface area (Å²) in [5.74, 6) is 1.91. The number of fused-ring (bicyclic) bond motifs is 2. The van der Waals surface area contributed by atoms with E-state index in [2.05, 4.69) is 65.1 Å². The van der Waals surface area contributed by atoms with Crippen molar-refractivity contribution >= 4 is 22.5 Å². The molecule has 1 amide bonds. The molecule has 0 bridgehead atoms. The molecule has 37 heavy (non-hydrogen) atoms. The molecule has 0 aliphatic carbocycles. The monoisotopic (exact) mass is 500 g/mol. The van der Waals surface area contributed by atoms with Crippen LogP contribution < -0.4 is 4.74 Å². The average Bonchev–Trinajstić information content (AvgIpc) is 3.47. The molecule has 4 aromatic rings. The van der Waals surface area contributed by atoms with Gasteiger partial charge in [0.25, 0.3) is 0 Å². The highest BCUT2D eigenvalue weighted by molar-refractivity contribution is 5.93. The van der Waals surface area contributed by atoms with Crippen molar-refractivity contribution in [3.05, 3.63) is 47.4 Å². The van der Waals surface area contributed by atoms with Gasteiger partial charge in [-0.3, -0.25) is 9.69 Å². The lowest BCUT2D eigenvalue weighted by molar-refractivity contribution is -0.136. The zero-order valence-corrected chi connectivity index (χ0v) is 22.3. The highest BCUT2D eigenvalue weighted by Gasteiger charge is 2.27. The SMILES string of the molecule is COc1c(C)c(-c2[nH]c3ccc(C4CCN(CC(=O)N5CCC5)CC4)cc3c2C(C)C)cn2ncnc12. The first-order valence-electron chi connectivity index (χ1n) is 13.5. The normalized spacial score (nSPS) is 17.2. The fourth-order valence-corrected chi connectivity index (χ4v) is 6.09. The number of piperidine rings is 1. The molecule has 2 fully saturated rings. The molecular formula is C29H36N6O2. The van der Waals surface area contributed by atoms with Gasteiger partial charge in [-0.15, -0.1) is 0 Å². The van der Waals surface area contributed by atoms with Crippen LogP contribution in [-0.4, -0.2) is 75.1 Å². The van der Waals surface area contributed by atoms with Crippen LogP contribution >= 0.6 is 0 Å². The minimum atomic E-state index is 0.295. The van der Waals surface area contributed by atoms with Gasteiger partial charge in [0.2, 0.25) is 5.91 Å². The Morgan fingerprint density at radius 2 is 1.97 bits per heavy atom. The number of carbonyl (C=O) groups is 1. The summed E-state index contributed by atoms with van der Waals surface area (Å²) in [5, 5.41) is 5.67. The highest BCUT2D eigenvalue weighted by Crippen LogP contribution is 2.41. The van der Waals surface area contributed by atoms with Gasteiger partial charge in [0, 0.05) is 41.3 Å². The molecule has 0 radical (unpaired) electrons. The zero-order valence-electron chi connectivity index (χ0n) is 22.3. The number of pyridine rings is 1. The van der Waals surface area contributed by atoms with Gasteiger partial charge in [-0.05, 0) is 74.4 Å². The number of nitrogens with zero attached hydrogens (tertiary/aromatic N) is 5. The van der Waals surface area contributed by atoms with Crippen LogP contribution in [0.15, 0.2) is 30.7 Å². The van der Waals surface area contributed by atoms with Gasteiger partial charge in [0.1, 0.15) is 6.33 Å². The molecule has 8 nitrogen and oxygen atoms in total. The van der Waals surface area contributed by atoms with Crippen LogP contribution in [0.2, 0.25) is 0 Å². The van der Waals surface area contributed by atoms with E-state index in [1.54, 1.807) is 18.0 Å². The van der Waals surface area contributed by atoms with E-state index in [0.29, 0.717) is 24.3 Å². The summed E-state index contributed by atoms with van der Waals surface area (Å²) in [6, 6.07) is 6.92. The van der Waals surface area contributed by atoms with Crippen LogP contribution in [0, 0.1) is 6.92 Å². The minimum absolute atomic E-state index is 0.295. The maximum absolute atomic E-state index is 12.4. The lowest BCUT2D eigenvalue weighted by Crippen LogP contribution is -2.48. The molecule has 194 valence electrons. The summed E-state index contributed by atoms with van der Waals surface area (Å²) in [5.41, 5.74) is 7.85. The van der Waals surface area contributed by atoms with E-state index in [0.717, 1.165) is 79.2 Å². The Hall–Kier alpha value is -3.39. The largest absolute Gasteiger partial charge is 0.492 e. The number of hydrogen-bond acceptors (Lipinski definition) is 5. The lowest BCUT2D eigenvalue weighted by Gasteiger charge is -2.36. The molecule has 1 N–H and O–H groups in total. The summed E-state index contributed by atoms with van der Waals surface area (Å²) in [4.78, 5) is 24.8. The Morgan fingerprint density at radius 3 is 2.65 bits per heavy atom. The first-order valence-corrected chi connectivity index (χ1v) is 13.5. The van der Waals surface area contributed by atoms with Crippen molar-refractivity contribution in [1.82, 2.24) is 29.4 Å². The third-order valence-corrected chi connectivity index (χ3v) is 8.31.